The van der Waals surface area contributed by atoms with E-state index >= 15 is 0 Å². The van der Waals surface area contributed by atoms with Crippen molar-refractivity contribution in [3.05, 3.63) is 52.2 Å². The zero-order valence-corrected chi connectivity index (χ0v) is 13.7. The minimum absolute atomic E-state index is 0.0194. The smallest absolute Gasteiger partial charge is 0.238 e. The van der Waals surface area contributed by atoms with Gasteiger partial charge in [-0.2, -0.15) is 0 Å². The van der Waals surface area contributed by atoms with Crippen LogP contribution in [0.15, 0.2) is 41.8 Å². The second-order valence-corrected chi connectivity index (χ2v) is 6.10. The first-order chi connectivity index (χ1) is 10.6. The molecule has 1 aromatic carbocycles. The Morgan fingerprint density at radius 2 is 1.91 bits per heavy atom. The average Bonchev–Trinajstić information content (AvgIpc) is 3.00. The van der Waals surface area contributed by atoms with Gasteiger partial charge < -0.3 is 5.32 Å². The quantitative estimate of drug-likeness (QED) is 0.796. The number of carbonyl (C=O) groups excluding carboxylic acids is 2. The van der Waals surface area contributed by atoms with Gasteiger partial charge in [-0.1, -0.05) is 13.0 Å². The molecular weight excluding hydrogens is 296 g/mol. The van der Waals surface area contributed by atoms with Crippen LogP contribution in [0.4, 0.5) is 5.69 Å². The number of likely N-dealkylation sites (N-methyl/N-ethyl adjacent to an activating group) is 1. The number of carbonyl (C=O) groups is 2. The summed E-state index contributed by atoms with van der Waals surface area (Å²) >= 11 is 1.70. The highest BCUT2D eigenvalue weighted by Crippen LogP contribution is 2.13. The molecule has 0 fully saturated rings. The van der Waals surface area contributed by atoms with Crippen molar-refractivity contribution in [1.82, 2.24) is 4.90 Å². The SMILES string of the molecule is CCN(CC(=O)Nc1ccc(C(C)=O)cc1)Cc1cccs1. The number of benzene rings is 1. The molecule has 0 saturated carbocycles. The fraction of sp³-hybridized carbons (Fsp3) is 0.294. The van der Waals surface area contributed by atoms with Crippen molar-refractivity contribution >= 4 is 28.7 Å². The molecule has 116 valence electrons. The van der Waals surface area contributed by atoms with Gasteiger partial charge in [-0.3, -0.25) is 14.5 Å². The molecule has 1 aromatic heterocycles. The number of Topliss-reactive ketones (excluding diaryl/α,β-unsaturated/α-hetero) is 1. The Bertz CT molecular complexity index is 621. The zero-order chi connectivity index (χ0) is 15.9. The minimum Gasteiger partial charge on any atom is -0.325 e. The molecule has 0 aliphatic rings. The van der Waals surface area contributed by atoms with Gasteiger partial charge in [0.1, 0.15) is 0 Å². The highest BCUT2D eigenvalue weighted by molar-refractivity contribution is 7.09. The molecule has 0 atom stereocenters. The Morgan fingerprint density at radius 3 is 2.45 bits per heavy atom. The van der Waals surface area contributed by atoms with Crippen LogP contribution in [0.25, 0.3) is 0 Å². The third-order valence-corrected chi connectivity index (χ3v) is 4.21. The number of anilines is 1. The fourth-order valence-corrected chi connectivity index (χ4v) is 2.84. The van der Waals surface area contributed by atoms with Crippen LogP contribution in [0.3, 0.4) is 0 Å². The van der Waals surface area contributed by atoms with Gasteiger partial charge in [0.15, 0.2) is 5.78 Å². The van der Waals surface area contributed by atoms with Gasteiger partial charge in [-0.25, -0.2) is 0 Å². The van der Waals surface area contributed by atoms with E-state index in [2.05, 4.69) is 16.3 Å². The number of rotatable bonds is 7. The van der Waals surface area contributed by atoms with Crippen LogP contribution in [0.5, 0.6) is 0 Å². The predicted octanol–water partition coefficient (Wildman–Crippen LogP) is 3.41. The van der Waals surface area contributed by atoms with E-state index in [4.69, 9.17) is 0 Å². The van der Waals surface area contributed by atoms with Gasteiger partial charge >= 0.3 is 0 Å². The molecule has 4 nitrogen and oxygen atoms in total. The lowest BCUT2D eigenvalue weighted by Gasteiger charge is -2.19. The first kappa shape index (κ1) is 16.4. The van der Waals surface area contributed by atoms with E-state index in [1.165, 1.54) is 11.8 Å². The van der Waals surface area contributed by atoms with Crippen molar-refractivity contribution in [3.8, 4) is 0 Å². The topological polar surface area (TPSA) is 49.4 Å². The van der Waals surface area contributed by atoms with E-state index in [-0.39, 0.29) is 11.7 Å². The summed E-state index contributed by atoms with van der Waals surface area (Å²) < 4.78 is 0. The Balaban J connectivity index is 1.89. The summed E-state index contributed by atoms with van der Waals surface area (Å²) in [6.07, 6.45) is 0. The van der Waals surface area contributed by atoms with Crippen LogP contribution in [-0.4, -0.2) is 29.7 Å². The molecule has 1 N–H and O–H groups in total. The van der Waals surface area contributed by atoms with Crippen LogP contribution in [0.2, 0.25) is 0 Å². The van der Waals surface area contributed by atoms with Gasteiger partial charge in [0, 0.05) is 22.7 Å². The van der Waals surface area contributed by atoms with Crippen molar-refractivity contribution in [2.45, 2.75) is 20.4 Å². The maximum absolute atomic E-state index is 12.1. The lowest BCUT2D eigenvalue weighted by atomic mass is 10.1. The molecule has 0 aliphatic heterocycles. The van der Waals surface area contributed by atoms with E-state index < -0.39 is 0 Å². The van der Waals surface area contributed by atoms with Crippen LogP contribution < -0.4 is 5.32 Å². The maximum atomic E-state index is 12.1. The molecule has 2 rings (SSSR count). The summed E-state index contributed by atoms with van der Waals surface area (Å²) in [5.74, 6) is -0.0278. The van der Waals surface area contributed by atoms with Crippen LogP contribution in [-0.2, 0) is 11.3 Å². The highest BCUT2D eigenvalue weighted by atomic mass is 32.1. The second kappa shape index (κ2) is 7.87. The van der Waals surface area contributed by atoms with Crippen molar-refractivity contribution in [2.24, 2.45) is 0 Å². The molecule has 0 bridgehead atoms. The summed E-state index contributed by atoms with van der Waals surface area (Å²) in [6.45, 7) is 5.52. The van der Waals surface area contributed by atoms with Gasteiger partial charge in [0.2, 0.25) is 5.91 Å². The molecule has 2 aromatic rings. The molecule has 1 amide bonds. The number of ketones is 1. The van der Waals surface area contributed by atoms with Gasteiger partial charge in [-0.15, -0.1) is 11.3 Å². The lowest BCUT2D eigenvalue weighted by Crippen LogP contribution is -2.32. The van der Waals surface area contributed by atoms with Crippen molar-refractivity contribution in [3.63, 3.8) is 0 Å². The first-order valence-corrected chi connectivity index (χ1v) is 8.12. The van der Waals surface area contributed by atoms with Crippen molar-refractivity contribution in [2.75, 3.05) is 18.4 Å². The van der Waals surface area contributed by atoms with E-state index in [1.807, 2.05) is 18.4 Å². The monoisotopic (exact) mass is 316 g/mol. The number of amides is 1. The fourth-order valence-electron chi connectivity index (χ4n) is 2.09. The minimum atomic E-state index is -0.0472. The summed E-state index contributed by atoms with van der Waals surface area (Å²) in [5.41, 5.74) is 1.35. The Kier molecular flexibility index (Phi) is 5.86. The summed E-state index contributed by atoms with van der Waals surface area (Å²) in [5, 5.41) is 4.91. The normalized spacial score (nSPS) is 10.7. The maximum Gasteiger partial charge on any atom is 0.238 e. The van der Waals surface area contributed by atoms with E-state index in [1.54, 1.807) is 35.6 Å². The van der Waals surface area contributed by atoms with Crippen LogP contribution >= 0.6 is 11.3 Å². The second-order valence-electron chi connectivity index (χ2n) is 5.06. The molecule has 0 unspecified atom stereocenters. The van der Waals surface area contributed by atoms with Crippen molar-refractivity contribution < 1.29 is 9.59 Å². The summed E-state index contributed by atoms with van der Waals surface area (Å²) in [4.78, 5) is 26.7. The number of thiophene rings is 1. The molecule has 0 radical (unpaired) electrons. The molecule has 0 aliphatic carbocycles. The standard InChI is InChI=1S/C17H20N2O2S/c1-3-19(11-16-5-4-10-22-16)12-17(21)18-15-8-6-14(7-9-15)13(2)20/h4-10H,3,11-12H2,1-2H3,(H,18,21). The Morgan fingerprint density at radius 1 is 1.18 bits per heavy atom. The molecule has 1 heterocycles. The molecule has 0 spiro atoms. The van der Waals surface area contributed by atoms with Crippen LogP contribution in [0.1, 0.15) is 29.1 Å². The van der Waals surface area contributed by atoms with Crippen LogP contribution in [0, 0.1) is 0 Å². The number of nitrogens with zero attached hydrogens (tertiary/aromatic N) is 1. The predicted molar refractivity (Wildman–Crippen MR) is 90.3 cm³/mol. The third kappa shape index (κ3) is 4.79. The number of nitrogens with one attached hydrogen (secondary N) is 1. The van der Waals surface area contributed by atoms with Gasteiger partial charge in [0.25, 0.3) is 0 Å². The van der Waals surface area contributed by atoms with Crippen molar-refractivity contribution in [1.29, 1.82) is 0 Å². The number of hydrogen-bond donors (Lipinski definition) is 1. The largest absolute Gasteiger partial charge is 0.325 e. The summed E-state index contributed by atoms with van der Waals surface area (Å²) in [6, 6.07) is 11.0. The summed E-state index contributed by atoms with van der Waals surface area (Å²) in [7, 11) is 0. The molecular formula is C17H20N2O2S. The highest BCUT2D eigenvalue weighted by Gasteiger charge is 2.10. The van der Waals surface area contributed by atoms with E-state index in [0.717, 1.165) is 13.1 Å². The Hall–Kier alpha value is -1.98. The van der Waals surface area contributed by atoms with Gasteiger partial charge in [0.05, 0.1) is 6.54 Å². The Labute approximate surface area is 134 Å². The van der Waals surface area contributed by atoms with E-state index in [0.29, 0.717) is 17.8 Å². The van der Waals surface area contributed by atoms with E-state index in [9.17, 15) is 9.59 Å². The first-order valence-electron chi connectivity index (χ1n) is 7.24. The third-order valence-electron chi connectivity index (χ3n) is 3.35. The average molecular weight is 316 g/mol. The lowest BCUT2D eigenvalue weighted by molar-refractivity contribution is -0.117. The molecule has 22 heavy (non-hydrogen) atoms. The zero-order valence-electron chi connectivity index (χ0n) is 12.8. The molecule has 0 saturated heterocycles. The number of hydrogen-bond acceptors (Lipinski definition) is 4. The van der Waals surface area contributed by atoms with Gasteiger partial charge in [-0.05, 0) is 49.2 Å². The molecule has 5 heteroatoms.